The standard InChI is InChI=1S/C21H31N5S.HI/c1-5-22-20(26-11-12-27-21(3,4)16-26)24-14-18-7-6-8-19(13-18)15-25-10-9-23-17(25)2;/h6-10,13H,5,11-12,14-16H2,1-4H3,(H,22,24);1H. The third-order valence-corrected chi connectivity index (χ3v) is 6.04. The van der Waals surface area contributed by atoms with Crippen molar-refractivity contribution in [1.29, 1.82) is 0 Å². The molecule has 5 nitrogen and oxygen atoms in total. The van der Waals surface area contributed by atoms with Crippen LogP contribution in [-0.4, -0.2) is 50.5 Å². The summed E-state index contributed by atoms with van der Waals surface area (Å²) in [4.78, 5) is 11.6. The molecule has 0 spiro atoms. The van der Waals surface area contributed by atoms with Gasteiger partial charge in [0.2, 0.25) is 0 Å². The molecular weight excluding hydrogens is 481 g/mol. The molecule has 3 rings (SSSR count). The van der Waals surface area contributed by atoms with Gasteiger partial charge in [0, 0.05) is 49.1 Å². The Morgan fingerprint density at radius 1 is 1.32 bits per heavy atom. The van der Waals surface area contributed by atoms with E-state index in [1.165, 1.54) is 11.1 Å². The summed E-state index contributed by atoms with van der Waals surface area (Å²) in [6.45, 7) is 13.3. The number of guanidine groups is 1. The van der Waals surface area contributed by atoms with Gasteiger partial charge in [0.1, 0.15) is 5.82 Å². The molecule has 0 atom stereocenters. The number of nitrogens with zero attached hydrogens (tertiary/aromatic N) is 4. The first-order valence-corrected chi connectivity index (χ1v) is 10.7. The molecule has 2 heterocycles. The van der Waals surface area contributed by atoms with Crippen molar-refractivity contribution >= 4 is 41.7 Å². The number of imidazole rings is 1. The highest BCUT2D eigenvalue weighted by Gasteiger charge is 2.28. The Morgan fingerprint density at radius 2 is 2.11 bits per heavy atom. The smallest absolute Gasteiger partial charge is 0.194 e. The molecular formula is C21H32IN5S. The molecule has 1 fully saturated rings. The predicted molar refractivity (Wildman–Crippen MR) is 131 cm³/mol. The highest BCUT2D eigenvalue weighted by Crippen LogP contribution is 2.29. The Labute approximate surface area is 190 Å². The number of aryl methyl sites for hydroxylation is 1. The Kier molecular flexibility index (Phi) is 8.67. The van der Waals surface area contributed by atoms with Crippen LogP contribution in [0.25, 0.3) is 0 Å². The lowest BCUT2D eigenvalue weighted by molar-refractivity contribution is 0.376. The van der Waals surface area contributed by atoms with E-state index in [-0.39, 0.29) is 28.7 Å². The predicted octanol–water partition coefficient (Wildman–Crippen LogP) is 4.15. The van der Waals surface area contributed by atoms with Gasteiger partial charge in [0.25, 0.3) is 0 Å². The molecule has 0 amide bonds. The van der Waals surface area contributed by atoms with Crippen molar-refractivity contribution in [3.8, 4) is 0 Å². The summed E-state index contributed by atoms with van der Waals surface area (Å²) in [5.41, 5.74) is 2.52. The van der Waals surface area contributed by atoms with Crippen LogP contribution in [0, 0.1) is 6.92 Å². The number of hydrogen-bond acceptors (Lipinski definition) is 3. The van der Waals surface area contributed by atoms with Gasteiger partial charge in [-0.05, 0) is 38.8 Å². The second-order valence-corrected chi connectivity index (χ2v) is 9.42. The second-order valence-electron chi connectivity index (χ2n) is 7.62. The summed E-state index contributed by atoms with van der Waals surface area (Å²) in [7, 11) is 0. The molecule has 0 bridgehead atoms. The van der Waals surface area contributed by atoms with Gasteiger partial charge in [-0.25, -0.2) is 9.98 Å². The summed E-state index contributed by atoms with van der Waals surface area (Å²) >= 11 is 2.05. The fourth-order valence-corrected chi connectivity index (χ4v) is 4.49. The Balaban J connectivity index is 0.00000280. The molecule has 28 heavy (non-hydrogen) atoms. The van der Waals surface area contributed by atoms with E-state index in [9.17, 15) is 0 Å². The lowest BCUT2D eigenvalue weighted by Gasteiger charge is -2.39. The highest BCUT2D eigenvalue weighted by atomic mass is 127. The zero-order valence-corrected chi connectivity index (χ0v) is 20.5. The Hall–Kier alpha value is -1.22. The number of benzene rings is 1. The average Bonchev–Trinajstić information content (AvgIpc) is 3.03. The molecule has 1 saturated heterocycles. The van der Waals surface area contributed by atoms with Crippen molar-refractivity contribution in [2.45, 2.75) is 45.5 Å². The van der Waals surface area contributed by atoms with Gasteiger partial charge in [-0.15, -0.1) is 24.0 Å². The monoisotopic (exact) mass is 513 g/mol. The lowest BCUT2D eigenvalue weighted by Crippen LogP contribution is -2.50. The summed E-state index contributed by atoms with van der Waals surface area (Å²) in [5, 5.41) is 3.47. The topological polar surface area (TPSA) is 45.5 Å². The molecule has 2 aromatic rings. The van der Waals surface area contributed by atoms with E-state index < -0.39 is 0 Å². The first-order valence-electron chi connectivity index (χ1n) is 9.69. The number of hydrogen-bond donors (Lipinski definition) is 1. The van der Waals surface area contributed by atoms with Crippen molar-refractivity contribution in [3.05, 3.63) is 53.6 Å². The van der Waals surface area contributed by atoms with Crippen LogP contribution in [0.2, 0.25) is 0 Å². The molecule has 1 aromatic carbocycles. The maximum absolute atomic E-state index is 4.93. The zero-order valence-electron chi connectivity index (χ0n) is 17.3. The van der Waals surface area contributed by atoms with E-state index in [1.54, 1.807) is 0 Å². The van der Waals surface area contributed by atoms with E-state index >= 15 is 0 Å². The van der Waals surface area contributed by atoms with E-state index in [1.807, 2.05) is 31.1 Å². The van der Waals surface area contributed by atoms with Crippen molar-refractivity contribution in [2.75, 3.05) is 25.4 Å². The third-order valence-electron chi connectivity index (χ3n) is 4.74. The van der Waals surface area contributed by atoms with E-state index in [4.69, 9.17) is 4.99 Å². The average molecular weight is 513 g/mol. The third kappa shape index (κ3) is 6.40. The summed E-state index contributed by atoms with van der Waals surface area (Å²) in [6, 6.07) is 8.71. The molecule has 7 heteroatoms. The van der Waals surface area contributed by atoms with Crippen LogP contribution in [0.1, 0.15) is 37.7 Å². The van der Waals surface area contributed by atoms with Crippen LogP contribution < -0.4 is 5.32 Å². The molecule has 0 saturated carbocycles. The molecule has 0 unspecified atom stereocenters. The van der Waals surface area contributed by atoms with Crippen molar-refractivity contribution in [2.24, 2.45) is 4.99 Å². The molecule has 1 aliphatic heterocycles. The quantitative estimate of drug-likeness (QED) is 0.371. The van der Waals surface area contributed by atoms with E-state index in [0.717, 1.165) is 43.7 Å². The maximum atomic E-state index is 4.93. The maximum Gasteiger partial charge on any atom is 0.194 e. The zero-order chi connectivity index (χ0) is 19.3. The number of aliphatic imine (C=N–C) groups is 1. The van der Waals surface area contributed by atoms with Gasteiger partial charge in [-0.1, -0.05) is 24.3 Å². The van der Waals surface area contributed by atoms with Gasteiger partial charge in [-0.3, -0.25) is 0 Å². The van der Waals surface area contributed by atoms with Crippen molar-refractivity contribution in [3.63, 3.8) is 0 Å². The number of nitrogens with one attached hydrogen (secondary N) is 1. The van der Waals surface area contributed by atoms with Crippen LogP contribution in [0.5, 0.6) is 0 Å². The largest absolute Gasteiger partial charge is 0.357 e. The fourth-order valence-electron chi connectivity index (χ4n) is 3.38. The van der Waals surface area contributed by atoms with Gasteiger partial charge >= 0.3 is 0 Å². The lowest BCUT2D eigenvalue weighted by atomic mass is 10.1. The molecule has 1 aliphatic rings. The van der Waals surface area contributed by atoms with Crippen molar-refractivity contribution in [1.82, 2.24) is 19.8 Å². The van der Waals surface area contributed by atoms with Gasteiger partial charge in [0.15, 0.2) is 5.96 Å². The Bertz CT molecular complexity index is 787. The highest BCUT2D eigenvalue weighted by molar-refractivity contribution is 14.0. The molecule has 154 valence electrons. The number of rotatable bonds is 5. The summed E-state index contributed by atoms with van der Waals surface area (Å²) < 4.78 is 2.44. The molecule has 1 aromatic heterocycles. The second kappa shape index (κ2) is 10.5. The first-order chi connectivity index (χ1) is 13.0. The number of aromatic nitrogens is 2. The minimum Gasteiger partial charge on any atom is -0.357 e. The van der Waals surface area contributed by atoms with Crippen LogP contribution >= 0.6 is 35.7 Å². The normalized spacial score (nSPS) is 16.6. The van der Waals surface area contributed by atoms with E-state index in [2.05, 4.69) is 64.8 Å². The summed E-state index contributed by atoms with van der Waals surface area (Å²) in [6.07, 6.45) is 3.88. The minimum absolute atomic E-state index is 0. The fraction of sp³-hybridized carbons (Fsp3) is 0.524. The number of thioether (sulfide) groups is 1. The minimum atomic E-state index is 0. The van der Waals surface area contributed by atoms with E-state index in [0.29, 0.717) is 6.54 Å². The summed E-state index contributed by atoms with van der Waals surface area (Å²) in [5.74, 6) is 3.22. The van der Waals surface area contributed by atoms with Crippen molar-refractivity contribution < 1.29 is 0 Å². The SMILES string of the molecule is CCNC(=NCc1cccc(Cn2ccnc2C)c1)N1CCSC(C)(C)C1.I. The molecule has 1 N–H and O–H groups in total. The van der Waals surface area contributed by atoms with Crippen LogP contribution in [0.4, 0.5) is 0 Å². The van der Waals surface area contributed by atoms with Crippen LogP contribution in [-0.2, 0) is 13.1 Å². The Morgan fingerprint density at radius 3 is 2.79 bits per heavy atom. The van der Waals surface area contributed by atoms with Gasteiger partial charge < -0.3 is 14.8 Å². The van der Waals surface area contributed by atoms with Crippen LogP contribution in [0.3, 0.4) is 0 Å². The molecule has 0 radical (unpaired) electrons. The number of halogens is 1. The van der Waals surface area contributed by atoms with Gasteiger partial charge in [0.05, 0.1) is 6.54 Å². The van der Waals surface area contributed by atoms with Gasteiger partial charge in [-0.2, -0.15) is 11.8 Å². The van der Waals surface area contributed by atoms with Crippen LogP contribution in [0.15, 0.2) is 41.7 Å². The molecule has 0 aliphatic carbocycles. The first kappa shape index (κ1) is 23.1.